The Kier molecular flexibility index (Phi) is 7.13. The molecule has 1 aromatic heterocycles. The van der Waals surface area contributed by atoms with Gasteiger partial charge in [0.25, 0.3) is 5.91 Å². The summed E-state index contributed by atoms with van der Waals surface area (Å²) in [6.45, 7) is -3.03. The number of imidazole rings is 1. The van der Waals surface area contributed by atoms with Crippen molar-refractivity contribution in [1.29, 1.82) is 0 Å². The summed E-state index contributed by atoms with van der Waals surface area (Å²) in [6, 6.07) is 6.56. The van der Waals surface area contributed by atoms with Gasteiger partial charge in [-0.2, -0.15) is 8.78 Å². The summed E-state index contributed by atoms with van der Waals surface area (Å²) >= 11 is 0. The highest BCUT2D eigenvalue weighted by Gasteiger charge is 2.21. The number of aromatic nitrogens is 2. The van der Waals surface area contributed by atoms with E-state index in [1.807, 2.05) is 5.43 Å². The summed E-state index contributed by atoms with van der Waals surface area (Å²) in [7, 11) is 1.23. The monoisotopic (exact) mass is 467 g/mol. The van der Waals surface area contributed by atoms with Crippen molar-refractivity contribution in [3.05, 3.63) is 65.5 Å². The quantitative estimate of drug-likeness (QED) is 0.203. The van der Waals surface area contributed by atoms with Crippen molar-refractivity contribution in [3.8, 4) is 17.2 Å². The number of hydrazine groups is 1. The lowest BCUT2D eigenvalue weighted by Gasteiger charge is -2.12. The highest BCUT2D eigenvalue weighted by molar-refractivity contribution is 6.03. The molecule has 0 aliphatic heterocycles. The number of nitrogens with two attached hydrogens (primary N) is 1. The molecule has 0 atom stereocenters. The van der Waals surface area contributed by atoms with Crippen molar-refractivity contribution in [2.24, 2.45) is 5.84 Å². The number of carbonyl (C=O) groups excluding carboxylic acids is 2. The average Bonchev–Trinajstić information content (AvgIpc) is 3.14. The predicted octanol–water partition coefficient (Wildman–Crippen LogP) is 2.55. The highest BCUT2D eigenvalue weighted by atomic mass is 19.3. The molecule has 0 radical (unpaired) electrons. The van der Waals surface area contributed by atoms with Crippen LogP contribution in [0, 0.1) is 11.6 Å². The number of rotatable bonds is 8. The molecule has 0 fully saturated rings. The molecule has 9 nitrogen and oxygen atoms in total. The van der Waals surface area contributed by atoms with E-state index >= 15 is 0 Å². The smallest absolute Gasteiger partial charge is 0.387 e. The Morgan fingerprint density at radius 2 is 1.76 bits per heavy atom. The van der Waals surface area contributed by atoms with Crippen LogP contribution in [0.4, 0.5) is 23.5 Å². The Morgan fingerprint density at radius 1 is 1.12 bits per heavy atom. The van der Waals surface area contributed by atoms with Crippen LogP contribution in [0.3, 0.4) is 0 Å². The van der Waals surface area contributed by atoms with Crippen molar-refractivity contribution < 1.29 is 36.6 Å². The van der Waals surface area contributed by atoms with Gasteiger partial charge in [-0.1, -0.05) is 0 Å². The first-order valence-corrected chi connectivity index (χ1v) is 9.19. The number of nitrogens with one attached hydrogen (secondary N) is 2. The van der Waals surface area contributed by atoms with Crippen molar-refractivity contribution in [1.82, 2.24) is 15.0 Å². The fraction of sp³-hybridized carbons (Fsp3) is 0.150. The Balaban J connectivity index is 1.97. The second-order valence-electron chi connectivity index (χ2n) is 6.47. The maximum absolute atomic E-state index is 14.7. The van der Waals surface area contributed by atoms with E-state index in [0.29, 0.717) is 0 Å². The van der Waals surface area contributed by atoms with Crippen molar-refractivity contribution in [2.45, 2.75) is 13.0 Å². The van der Waals surface area contributed by atoms with Crippen molar-refractivity contribution >= 4 is 17.8 Å². The number of methoxy groups -OCH3 is 1. The van der Waals surface area contributed by atoms with Crippen molar-refractivity contribution in [2.75, 3.05) is 12.4 Å². The van der Waals surface area contributed by atoms with E-state index in [4.69, 9.17) is 10.6 Å². The molecule has 0 unspecified atom stereocenters. The molecule has 13 heteroatoms. The van der Waals surface area contributed by atoms with E-state index < -0.39 is 35.7 Å². The maximum atomic E-state index is 14.7. The molecule has 0 saturated heterocycles. The Labute approximate surface area is 184 Å². The predicted molar refractivity (Wildman–Crippen MR) is 107 cm³/mol. The summed E-state index contributed by atoms with van der Waals surface area (Å²) in [6.07, 6.45) is 0.809. The Morgan fingerprint density at radius 3 is 2.30 bits per heavy atom. The number of ether oxygens (including phenoxy) is 2. The van der Waals surface area contributed by atoms with Crippen molar-refractivity contribution in [3.63, 3.8) is 0 Å². The molecule has 0 aliphatic carbocycles. The number of hydrogen-bond donors (Lipinski definition) is 3. The zero-order chi connectivity index (χ0) is 24.1. The second kappa shape index (κ2) is 9.99. The molecule has 2 amide bonds. The first kappa shape index (κ1) is 23.5. The number of anilines is 1. The first-order chi connectivity index (χ1) is 15.7. The molecule has 0 bridgehead atoms. The van der Waals surface area contributed by atoms with E-state index in [9.17, 15) is 27.2 Å². The third-order valence-corrected chi connectivity index (χ3v) is 4.29. The number of benzene rings is 2. The molecular weight excluding hydrogens is 450 g/mol. The fourth-order valence-corrected chi connectivity index (χ4v) is 2.84. The first-order valence-electron chi connectivity index (χ1n) is 9.19. The minimum Gasteiger partial charge on any atom is -0.497 e. The van der Waals surface area contributed by atoms with Crippen LogP contribution in [-0.4, -0.2) is 35.1 Å². The number of carbonyl (C=O) groups is 2. The van der Waals surface area contributed by atoms with Gasteiger partial charge in [0.2, 0.25) is 11.9 Å². The van der Waals surface area contributed by atoms with E-state index in [1.54, 1.807) is 0 Å². The minimum atomic E-state index is -3.03. The van der Waals surface area contributed by atoms with Gasteiger partial charge in [0.15, 0.2) is 11.6 Å². The SMILES string of the molecule is COc1cc(F)c(-n2cc(CC(=O)NN)nc2NC(=O)c2ccc(OC(F)F)cc2)c(F)c1. The number of hydrogen-bond acceptors (Lipinski definition) is 6. The lowest BCUT2D eigenvalue weighted by molar-refractivity contribution is -0.120. The standard InChI is InChI=1S/C20H17F4N5O4/c1-32-13-7-14(21)17(15(22)8-13)29-9-11(6-16(30)28-25)26-20(29)27-18(31)10-2-4-12(5-3-10)33-19(23)24/h2-5,7-9,19H,6,25H2,1H3,(H,28,30)(H,26,27,31). The number of amides is 2. The Bertz CT molecular complexity index is 1140. The topological polar surface area (TPSA) is 121 Å². The number of alkyl halides is 2. The van der Waals surface area contributed by atoms with Gasteiger partial charge < -0.3 is 9.47 Å². The molecule has 33 heavy (non-hydrogen) atoms. The van der Waals surface area contributed by atoms with Crippen LogP contribution in [0.1, 0.15) is 16.1 Å². The maximum Gasteiger partial charge on any atom is 0.387 e. The van der Waals surface area contributed by atoms with E-state index in [1.165, 1.54) is 19.2 Å². The molecule has 0 aliphatic rings. The molecule has 2 aromatic carbocycles. The molecular formula is C20H17F4N5O4. The van der Waals surface area contributed by atoms with Gasteiger partial charge >= 0.3 is 6.61 Å². The lowest BCUT2D eigenvalue weighted by atomic mass is 10.2. The van der Waals surface area contributed by atoms with Crippen LogP contribution in [0.2, 0.25) is 0 Å². The average molecular weight is 467 g/mol. The summed E-state index contributed by atoms with van der Waals surface area (Å²) in [4.78, 5) is 28.3. The van der Waals surface area contributed by atoms with Gasteiger partial charge in [-0.3, -0.25) is 24.9 Å². The van der Waals surface area contributed by atoms with Gasteiger partial charge in [-0.05, 0) is 24.3 Å². The van der Waals surface area contributed by atoms with Gasteiger partial charge in [0, 0.05) is 23.9 Å². The molecule has 3 aromatic rings. The number of nitrogens with zero attached hydrogens (tertiary/aromatic N) is 2. The molecule has 0 spiro atoms. The largest absolute Gasteiger partial charge is 0.497 e. The van der Waals surface area contributed by atoms with Crippen LogP contribution in [0.5, 0.6) is 11.5 Å². The Hall–Kier alpha value is -4.13. The van der Waals surface area contributed by atoms with Gasteiger partial charge in [0.05, 0.1) is 19.2 Å². The fourth-order valence-electron chi connectivity index (χ4n) is 2.84. The summed E-state index contributed by atoms with van der Waals surface area (Å²) in [5.74, 6) is 1.05. The third kappa shape index (κ3) is 5.57. The zero-order valence-electron chi connectivity index (χ0n) is 16.9. The molecule has 1 heterocycles. The van der Waals surface area contributed by atoms with Crippen LogP contribution in [0.25, 0.3) is 5.69 Å². The van der Waals surface area contributed by atoms with E-state index in [2.05, 4.69) is 15.0 Å². The summed E-state index contributed by atoms with van der Waals surface area (Å²) in [5, 5.41) is 2.38. The third-order valence-electron chi connectivity index (χ3n) is 4.29. The van der Waals surface area contributed by atoms with Gasteiger partial charge in [-0.15, -0.1) is 0 Å². The molecule has 3 rings (SSSR count). The normalized spacial score (nSPS) is 10.8. The van der Waals surface area contributed by atoms with Crippen LogP contribution >= 0.6 is 0 Å². The molecule has 4 N–H and O–H groups in total. The second-order valence-corrected chi connectivity index (χ2v) is 6.47. The molecule has 174 valence electrons. The lowest BCUT2D eigenvalue weighted by Crippen LogP contribution is -2.31. The minimum absolute atomic E-state index is 0.0168. The number of halogens is 4. The van der Waals surface area contributed by atoms with Gasteiger partial charge in [-0.25, -0.2) is 19.6 Å². The zero-order valence-corrected chi connectivity index (χ0v) is 16.9. The van der Waals surface area contributed by atoms with Crippen LogP contribution in [0.15, 0.2) is 42.6 Å². The highest BCUT2D eigenvalue weighted by Crippen LogP contribution is 2.27. The van der Waals surface area contributed by atoms with E-state index in [-0.39, 0.29) is 35.1 Å². The van der Waals surface area contributed by atoms with Gasteiger partial charge in [0.1, 0.15) is 17.2 Å². The van der Waals surface area contributed by atoms with E-state index in [0.717, 1.165) is 35.0 Å². The summed E-state index contributed by atoms with van der Waals surface area (Å²) < 4.78 is 63.8. The van der Waals surface area contributed by atoms with Crippen LogP contribution < -0.4 is 26.1 Å². The molecule has 0 saturated carbocycles. The van der Waals surface area contributed by atoms with Crippen LogP contribution in [-0.2, 0) is 11.2 Å². The summed E-state index contributed by atoms with van der Waals surface area (Å²) in [5.41, 5.74) is 1.38.